The van der Waals surface area contributed by atoms with E-state index in [-0.39, 0.29) is 22.7 Å². The molecule has 0 fully saturated rings. The number of anilines is 2. The van der Waals surface area contributed by atoms with Gasteiger partial charge in [0.05, 0.1) is 22.2 Å². The van der Waals surface area contributed by atoms with E-state index in [0.29, 0.717) is 17.0 Å². The van der Waals surface area contributed by atoms with Crippen molar-refractivity contribution < 1.29 is 27.5 Å². The molecule has 7 nitrogen and oxygen atoms in total. The Hall–Kier alpha value is -3.56. The first-order valence-electron chi connectivity index (χ1n) is 7.67. The van der Waals surface area contributed by atoms with Gasteiger partial charge in [-0.15, -0.1) is 0 Å². The number of hydrogen-bond acceptors (Lipinski definition) is 5. The molecule has 0 aliphatic heterocycles. The largest absolute Gasteiger partial charge is 0.478 e. The van der Waals surface area contributed by atoms with E-state index in [2.05, 4.69) is 15.3 Å². The molecule has 2 aromatic carbocycles. The summed E-state index contributed by atoms with van der Waals surface area (Å²) < 4.78 is 45.5. The second kappa shape index (κ2) is 5.73. The number of oxazole rings is 1. The monoisotopic (exact) mass is 376 g/mol. The first-order valence-corrected chi connectivity index (χ1v) is 7.67. The van der Waals surface area contributed by atoms with Crippen LogP contribution in [0.5, 0.6) is 0 Å². The minimum Gasteiger partial charge on any atom is -0.478 e. The predicted molar refractivity (Wildman–Crippen MR) is 90.0 cm³/mol. The highest BCUT2D eigenvalue weighted by Crippen LogP contribution is 2.32. The molecular formula is C17H11F3N4O3. The van der Waals surface area contributed by atoms with Crippen molar-refractivity contribution in [3.05, 3.63) is 47.5 Å². The van der Waals surface area contributed by atoms with E-state index in [1.54, 1.807) is 17.7 Å². The number of imidazole rings is 1. The number of aromatic carboxylic acids is 1. The van der Waals surface area contributed by atoms with Crippen LogP contribution in [0, 0.1) is 0 Å². The summed E-state index contributed by atoms with van der Waals surface area (Å²) in [6, 6.07) is 7.47. The Morgan fingerprint density at radius 3 is 2.63 bits per heavy atom. The van der Waals surface area contributed by atoms with Crippen molar-refractivity contribution in [3.8, 4) is 0 Å². The summed E-state index contributed by atoms with van der Waals surface area (Å²) in [6.07, 6.45) is -4.47. The van der Waals surface area contributed by atoms with Crippen LogP contribution >= 0.6 is 0 Å². The summed E-state index contributed by atoms with van der Waals surface area (Å²) in [4.78, 5) is 19.4. The molecule has 0 atom stereocenters. The van der Waals surface area contributed by atoms with Crippen molar-refractivity contribution in [2.75, 3.05) is 5.32 Å². The lowest BCUT2D eigenvalue weighted by atomic mass is 10.2. The summed E-state index contributed by atoms with van der Waals surface area (Å²) in [5, 5.41) is 11.9. The zero-order chi connectivity index (χ0) is 19.3. The number of benzene rings is 2. The minimum atomic E-state index is -4.47. The standard InChI is InChI=1S/C17H11F3N4O3/c1-24-12-4-2-8(14(25)26)6-10(12)21-15(24)23-16-22-11-7-9(17(18,19)20)3-5-13(11)27-16/h2-7H,1H3,(H,25,26)(H,21,22,23). The second-order valence-corrected chi connectivity index (χ2v) is 5.83. The third kappa shape index (κ3) is 2.94. The van der Waals surface area contributed by atoms with Crippen LogP contribution in [-0.2, 0) is 13.2 Å². The Labute approximate surface area is 149 Å². The number of carboxylic acids is 1. The average molecular weight is 376 g/mol. The number of halogens is 3. The molecule has 138 valence electrons. The van der Waals surface area contributed by atoms with Gasteiger partial charge in [0.2, 0.25) is 5.95 Å². The zero-order valence-corrected chi connectivity index (χ0v) is 13.7. The highest BCUT2D eigenvalue weighted by Gasteiger charge is 2.31. The number of aromatic nitrogens is 3. The van der Waals surface area contributed by atoms with Gasteiger partial charge in [-0.3, -0.25) is 5.32 Å². The average Bonchev–Trinajstić information content (AvgIpc) is 3.14. The molecule has 0 aliphatic rings. The van der Waals surface area contributed by atoms with Gasteiger partial charge in [0.25, 0.3) is 0 Å². The smallest absolute Gasteiger partial charge is 0.416 e. The maximum absolute atomic E-state index is 12.8. The molecule has 0 saturated heterocycles. The maximum atomic E-state index is 12.8. The molecule has 0 amide bonds. The summed E-state index contributed by atoms with van der Waals surface area (Å²) >= 11 is 0. The van der Waals surface area contributed by atoms with Crippen LogP contribution < -0.4 is 5.32 Å². The molecule has 4 rings (SSSR count). The molecule has 0 aliphatic carbocycles. The predicted octanol–water partition coefficient (Wildman–Crippen LogP) is 4.18. The molecule has 0 spiro atoms. The fraction of sp³-hybridized carbons (Fsp3) is 0.118. The van der Waals surface area contributed by atoms with Crippen LogP contribution in [0.25, 0.3) is 22.1 Å². The molecule has 0 unspecified atom stereocenters. The number of aryl methyl sites for hydroxylation is 1. The van der Waals surface area contributed by atoms with Gasteiger partial charge in [0.1, 0.15) is 5.52 Å². The van der Waals surface area contributed by atoms with Gasteiger partial charge in [-0.25, -0.2) is 9.78 Å². The Balaban J connectivity index is 1.71. The summed E-state index contributed by atoms with van der Waals surface area (Å²) in [5.41, 5.74) is 0.623. The van der Waals surface area contributed by atoms with Gasteiger partial charge in [-0.2, -0.15) is 18.2 Å². The summed E-state index contributed by atoms with van der Waals surface area (Å²) in [5.74, 6) is -0.772. The number of carboxylic acid groups (broad SMARTS) is 1. The fourth-order valence-electron chi connectivity index (χ4n) is 2.70. The molecule has 27 heavy (non-hydrogen) atoms. The van der Waals surface area contributed by atoms with Gasteiger partial charge >= 0.3 is 18.2 Å². The molecule has 0 radical (unpaired) electrons. The topological polar surface area (TPSA) is 93.2 Å². The van der Waals surface area contributed by atoms with E-state index >= 15 is 0 Å². The van der Waals surface area contributed by atoms with Crippen molar-refractivity contribution in [2.45, 2.75) is 6.18 Å². The van der Waals surface area contributed by atoms with E-state index < -0.39 is 17.7 Å². The molecule has 0 saturated carbocycles. The van der Waals surface area contributed by atoms with Crippen LogP contribution in [0.2, 0.25) is 0 Å². The van der Waals surface area contributed by atoms with Crippen LogP contribution in [0.1, 0.15) is 15.9 Å². The Bertz CT molecular complexity index is 1190. The lowest BCUT2D eigenvalue weighted by Crippen LogP contribution is -2.04. The lowest BCUT2D eigenvalue weighted by molar-refractivity contribution is -0.137. The third-order valence-corrected chi connectivity index (χ3v) is 4.06. The number of nitrogens with one attached hydrogen (secondary N) is 1. The first kappa shape index (κ1) is 16.9. The molecule has 10 heteroatoms. The Morgan fingerprint density at radius 2 is 1.93 bits per heavy atom. The number of carbonyl (C=O) groups is 1. The molecule has 2 N–H and O–H groups in total. The van der Waals surface area contributed by atoms with Gasteiger partial charge < -0.3 is 14.1 Å². The SMILES string of the molecule is Cn1c(Nc2nc3cc(C(F)(F)F)ccc3o2)nc2cc(C(=O)O)ccc21. The molecule has 4 aromatic rings. The number of fused-ring (bicyclic) bond motifs is 2. The fourth-order valence-corrected chi connectivity index (χ4v) is 2.70. The Kier molecular flexibility index (Phi) is 3.58. The van der Waals surface area contributed by atoms with Gasteiger partial charge in [0.15, 0.2) is 5.58 Å². The Morgan fingerprint density at radius 1 is 1.15 bits per heavy atom. The van der Waals surface area contributed by atoms with Gasteiger partial charge in [-0.1, -0.05) is 0 Å². The van der Waals surface area contributed by atoms with Crippen LogP contribution in [0.3, 0.4) is 0 Å². The zero-order valence-electron chi connectivity index (χ0n) is 13.7. The van der Waals surface area contributed by atoms with Crippen molar-refractivity contribution in [1.82, 2.24) is 14.5 Å². The third-order valence-electron chi connectivity index (χ3n) is 4.06. The lowest BCUT2D eigenvalue weighted by Gasteiger charge is -2.04. The summed E-state index contributed by atoms with van der Waals surface area (Å²) in [7, 11) is 1.70. The molecular weight excluding hydrogens is 365 g/mol. The molecule has 2 aromatic heterocycles. The van der Waals surface area contributed by atoms with E-state index in [9.17, 15) is 18.0 Å². The second-order valence-electron chi connectivity index (χ2n) is 5.83. The number of alkyl halides is 3. The molecule has 0 bridgehead atoms. The normalized spacial score (nSPS) is 12.0. The van der Waals surface area contributed by atoms with Crippen LogP contribution in [0.4, 0.5) is 25.1 Å². The van der Waals surface area contributed by atoms with Crippen LogP contribution in [0.15, 0.2) is 40.8 Å². The van der Waals surface area contributed by atoms with Gasteiger partial charge in [-0.05, 0) is 36.4 Å². The quantitative estimate of drug-likeness (QED) is 0.557. The van der Waals surface area contributed by atoms with Crippen molar-refractivity contribution in [1.29, 1.82) is 0 Å². The van der Waals surface area contributed by atoms with E-state index in [1.807, 2.05) is 0 Å². The van der Waals surface area contributed by atoms with Crippen molar-refractivity contribution >= 4 is 40.1 Å². The first-order chi connectivity index (χ1) is 12.7. The maximum Gasteiger partial charge on any atom is 0.416 e. The highest BCUT2D eigenvalue weighted by molar-refractivity contribution is 5.93. The number of hydrogen-bond donors (Lipinski definition) is 2. The van der Waals surface area contributed by atoms with Crippen molar-refractivity contribution in [2.24, 2.45) is 7.05 Å². The van der Waals surface area contributed by atoms with E-state index in [1.165, 1.54) is 18.2 Å². The van der Waals surface area contributed by atoms with E-state index in [4.69, 9.17) is 9.52 Å². The van der Waals surface area contributed by atoms with E-state index in [0.717, 1.165) is 12.1 Å². The number of rotatable bonds is 3. The number of nitrogens with zero attached hydrogens (tertiary/aromatic N) is 3. The minimum absolute atomic E-state index is 0.0267. The van der Waals surface area contributed by atoms with Crippen LogP contribution in [-0.4, -0.2) is 25.6 Å². The summed E-state index contributed by atoms with van der Waals surface area (Å²) in [6.45, 7) is 0. The highest BCUT2D eigenvalue weighted by atomic mass is 19.4. The molecule has 2 heterocycles. The van der Waals surface area contributed by atoms with Gasteiger partial charge in [0, 0.05) is 7.05 Å². The van der Waals surface area contributed by atoms with Crippen molar-refractivity contribution in [3.63, 3.8) is 0 Å².